The first-order valence-corrected chi connectivity index (χ1v) is 8.52. The van der Waals surface area contributed by atoms with Gasteiger partial charge in [-0.05, 0) is 19.3 Å². The van der Waals surface area contributed by atoms with Crippen molar-refractivity contribution in [1.29, 1.82) is 0 Å². The molecule has 0 spiro atoms. The molecule has 6 nitrogen and oxygen atoms in total. The van der Waals surface area contributed by atoms with E-state index >= 15 is 0 Å². The Kier molecular flexibility index (Phi) is 3.73. The molecule has 1 aromatic rings. The monoisotopic (exact) mass is 304 g/mol. The van der Waals surface area contributed by atoms with E-state index in [0.717, 1.165) is 36.9 Å². The Morgan fingerprint density at radius 1 is 1.47 bits per heavy atom. The molecule has 1 aromatic heterocycles. The van der Waals surface area contributed by atoms with Crippen LogP contribution in [0.25, 0.3) is 0 Å². The summed E-state index contributed by atoms with van der Waals surface area (Å²) in [5.41, 5.74) is 5.77. The summed E-state index contributed by atoms with van der Waals surface area (Å²) in [6, 6.07) is 0.254. The lowest BCUT2D eigenvalue weighted by atomic mass is 9.93. The molecule has 0 aromatic carbocycles. The number of nitrogens with one attached hydrogen (secondary N) is 1. The van der Waals surface area contributed by atoms with E-state index in [0.29, 0.717) is 5.00 Å². The van der Waals surface area contributed by atoms with Gasteiger partial charge < -0.3 is 15.8 Å². The molecule has 8 heteroatoms. The fourth-order valence-electron chi connectivity index (χ4n) is 1.87. The highest BCUT2D eigenvalue weighted by Crippen LogP contribution is 2.41. The summed E-state index contributed by atoms with van der Waals surface area (Å²) in [4.78, 5) is 11.7. The number of carbonyl (C=O) groups is 1. The molecular formula is C11H16N2O4S2. The molecule has 19 heavy (non-hydrogen) atoms. The molecule has 0 aliphatic heterocycles. The summed E-state index contributed by atoms with van der Waals surface area (Å²) in [6.07, 6.45) is 4.19. The summed E-state index contributed by atoms with van der Waals surface area (Å²) in [5.74, 6) is -0.617. The lowest BCUT2D eigenvalue weighted by Gasteiger charge is -2.27. The van der Waals surface area contributed by atoms with E-state index in [9.17, 15) is 13.2 Å². The third kappa shape index (κ3) is 2.69. The van der Waals surface area contributed by atoms with Gasteiger partial charge in [-0.25, -0.2) is 13.2 Å². The lowest BCUT2D eigenvalue weighted by Crippen LogP contribution is -2.27. The molecule has 0 bridgehead atoms. The van der Waals surface area contributed by atoms with Crippen molar-refractivity contribution in [1.82, 2.24) is 0 Å². The molecule has 1 aliphatic rings. The summed E-state index contributed by atoms with van der Waals surface area (Å²) in [5, 5.41) is 3.58. The van der Waals surface area contributed by atoms with E-state index < -0.39 is 15.8 Å². The maximum Gasteiger partial charge on any atom is 0.350 e. The van der Waals surface area contributed by atoms with E-state index in [-0.39, 0.29) is 21.5 Å². The number of rotatable bonds is 4. The van der Waals surface area contributed by atoms with Gasteiger partial charge in [0.2, 0.25) is 0 Å². The topological polar surface area (TPSA) is 98.5 Å². The quantitative estimate of drug-likeness (QED) is 0.818. The van der Waals surface area contributed by atoms with Gasteiger partial charge in [-0.15, -0.1) is 11.3 Å². The van der Waals surface area contributed by atoms with Crippen molar-refractivity contribution in [2.24, 2.45) is 0 Å². The van der Waals surface area contributed by atoms with Gasteiger partial charge in [-0.2, -0.15) is 0 Å². The highest BCUT2D eigenvalue weighted by Gasteiger charge is 2.29. The average molecular weight is 304 g/mol. The van der Waals surface area contributed by atoms with Crippen molar-refractivity contribution in [3.05, 3.63) is 4.88 Å². The highest BCUT2D eigenvalue weighted by atomic mass is 32.2. The Labute approximate surface area is 115 Å². The zero-order chi connectivity index (χ0) is 14.2. The Morgan fingerprint density at radius 3 is 2.53 bits per heavy atom. The number of nitrogens with two attached hydrogens (primary N) is 1. The fraction of sp³-hybridized carbons (Fsp3) is 0.545. The third-order valence-electron chi connectivity index (χ3n) is 3.08. The van der Waals surface area contributed by atoms with Crippen molar-refractivity contribution in [3.8, 4) is 0 Å². The molecule has 0 radical (unpaired) electrons. The second-order valence-electron chi connectivity index (χ2n) is 4.54. The molecule has 1 aliphatic carbocycles. The van der Waals surface area contributed by atoms with Gasteiger partial charge in [0.05, 0.1) is 12.8 Å². The maximum absolute atomic E-state index is 11.8. The number of hydrogen-bond donors (Lipinski definition) is 2. The van der Waals surface area contributed by atoms with Crippen LogP contribution >= 0.6 is 11.3 Å². The zero-order valence-electron chi connectivity index (χ0n) is 10.7. The standard InChI is InChI=1S/C11H16N2O4S2/c1-17-11(14)8-7(12)9(19(2,15)16)10(18-8)13-6-4-3-5-6/h6,13H,3-5,12H2,1-2H3. The minimum absolute atomic E-state index is 0.00444. The first-order valence-electron chi connectivity index (χ1n) is 5.81. The number of ether oxygens (including phenoxy) is 1. The first kappa shape index (κ1) is 14.1. The smallest absolute Gasteiger partial charge is 0.350 e. The molecule has 106 valence electrons. The highest BCUT2D eigenvalue weighted by molar-refractivity contribution is 7.91. The number of anilines is 2. The molecule has 0 unspecified atom stereocenters. The van der Waals surface area contributed by atoms with Crippen molar-refractivity contribution < 1.29 is 17.9 Å². The predicted octanol–water partition coefficient (Wildman–Crippen LogP) is 1.48. The van der Waals surface area contributed by atoms with Gasteiger partial charge in [-0.3, -0.25) is 0 Å². The first-order chi connectivity index (χ1) is 8.84. The SMILES string of the molecule is COC(=O)c1sc(NC2CCC2)c(S(C)(=O)=O)c1N. The van der Waals surface area contributed by atoms with Gasteiger partial charge in [0.25, 0.3) is 0 Å². The van der Waals surface area contributed by atoms with E-state index in [2.05, 4.69) is 10.1 Å². The van der Waals surface area contributed by atoms with Crippen LogP contribution in [0.5, 0.6) is 0 Å². The van der Waals surface area contributed by atoms with Crippen LogP contribution in [-0.4, -0.2) is 33.8 Å². The van der Waals surface area contributed by atoms with Crippen LogP contribution in [0.3, 0.4) is 0 Å². The van der Waals surface area contributed by atoms with Gasteiger partial charge in [0.1, 0.15) is 14.8 Å². The summed E-state index contributed by atoms with van der Waals surface area (Å²) >= 11 is 1.03. The normalized spacial score (nSPS) is 15.9. The van der Waals surface area contributed by atoms with Gasteiger partial charge >= 0.3 is 5.97 Å². The van der Waals surface area contributed by atoms with Crippen LogP contribution in [0.1, 0.15) is 28.9 Å². The number of thiophene rings is 1. The lowest BCUT2D eigenvalue weighted by molar-refractivity contribution is 0.0607. The van der Waals surface area contributed by atoms with E-state index in [1.807, 2.05) is 0 Å². The van der Waals surface area contributed by atoms with Crippen LogP contribution in [0, 0.1) is 0 Å². The number of nitrogen functional groups attached to an aromatic ring is 1. The summed E-state index contributed by atoms with van der Waals surface area (Å²) in [6.45, 7) is 0. The number of carbonyl (C=O) groups excluding carboxylic acids is 1. The maximum atomic E-state index is 11.8. The number of sulfone groups is 1. The fourth-order valence-corrected chi connectivity index (χ4v) is 4.43. The van der Waals surface area contributed by atoms with Crippen LogP contribution in [0.2, 0.25) is 0 Å². The molecule has 0 amide bonds. The van der Waals surface area contributed by atoms with Gasteiger partial charge in [-0.1, -0.05) is 0 Å². The molecule has 1 fully saturated rings. The second kappa shape index (κ2) is 5.01. The Bertz CT molecular complexity index is 602. The van der Waals surface area contributed by atoms with Crippen LogP contribution in [-0.2, 0) is 14.6 Å². The summed E-state index contributed by atoms with van der Waals surface area (Å²) in [7, 11) is -2.26. The van der Waals surface area contributed by atoms with E-state index in [4.69, 9.17) is 5.73 Å². The largest absolute Gasteiger partial charge is 0.465 e. The van der Waals surface area contributed by atoms with Crippen LogP contribution in [0.4, 0.5) is 10.7 Å². The molecule has 3 N–H and O–H groups in total. The van der Waals surface area contributed by atoms with Gasteiger partial charge in [0.15, 0.2) is 9.84 Å². The molecule has 1 saturated carbocycles. The van der Waals surface area contributed by atoms with Gasteiger partial charge in [0, 0.05) is 12.3 Å². The zero-order valence-corrected chi connectivity index (χ0v) is 12.4. The Hall–Kier alpha value is -1.28. The number of hydrogen-bond acceptors (Lipinski definition) is 7. The second-order valence-corrected chi connectivity index (χ2v) is 7.51. The molecule has 0 atom stereocenters. The Morgan fingerprint density at radius 2 is 2.11 bits per heavy atom. The minimum atomic E-state index is -3.50. The minimum Gasteiger partial charge on any atom is -0.465 e. The van der Waals surface area contributed by atoms with Crippen molar-refractivity contribution in [3.63, 3.8) is 0 Å². The van der Waals surface area contributed by atoms with E-state index in [1.54, 1.807) is 0 Å². The number of esters is 1. The number of methoxy groups -OCH3 is 1. The van der Waals surface area contributed by atoms with Crippen LogP contribution in [0.15, 0.2) is 4.90 Å². The molecule has 0 saturated heterocycles. The third-order valence-corrected chi connectivity index (χ3v) is 5.49. The molecular weight excluding hydrogens is 288 g/mol. The van der Waals surface area contributed by atoms with Crippen molar-refractivity contribution in [2.45, 2.75) is 30.2 Å². The molecule has 2 rings (SSSR count). The predicted molar refractivity (Wildman–Crippen MR) is 74.4 cm³/mol. The Balaban J connectivity index is 2.47. The average Bonchev–Trinajstić information content (AvgIpc) is 2.59. The molecule has 1 heterocycles. The van der Waals surface area contributed by atoms with Crippen molar-refractivity contribution in [2.75, 3.05) is 24.4 Å². The van der Waals surface area contributed by atoms with Crippen molar-refractivity contribution >= 4 is 37.8 Å². The van der Waals surface area contributed by atoms with Crippen LogP contribution < -0.4 is 11.1 Å². The summed E-state index contributed by atoms with van der Waals surface area (Å²) < 4.78 is 28.3. The van der Waals surface area contributed by atoms with E-state index in [1.165, 1.54) is 7.11 Å².